The second-order valence-electron chi connectivity index (χ2n) is 4.47. The molecule has 0 N–H and O–H groups in total. The van der Waals surface area contributed by atoms with Gasteiger partial charge in [0, 0.05) is 12.0 Å². The van der Waals surface area contributed by atoms with Crippen LogP contribution in [0.3, 0.4) is 0 Å². The van der Waals surface area contributed by atoms with Gasteiger partial charge in [-0.15, -0.1) is 0 Å². The van der Waals surface area contributed by atoms with Crippen molar-refractivity contribution in [3.8, 4) is 0 Å². The Kier molecular flexibility index (Phi) is 3.68. The first-order valence-electron chi connectivity index (χ1n) is 5.66. The fourth-order valence-electron chi connectivity index (χ4n) is 2.27. The fourth-order valence-corrected chi connectivity index (χ4v) is 2.27. The van der Waals surface area contributed by atoms with Gasteiger partial charge in [0.15, 0.2) is 0 Å². The van der Waals surface area contributed by atoms with E-state index in [2.05, 4.69) is 0 Å². The SMILES string of the molecule is O=Cc1ccc(C2[C@@H](F)[C@@H](F)C[C@@H](F)[C@H]2F)cc1. The van der Waals surface area contributed by atoms with Crippen LogP contribution in [-0.4, -0.2) is 31.0 Å². The molecular weight excluding hydrogens is 248 g/mol. The second kappa shape index (κ2) is 5.08. The van der Waals surface area contributed by atoms with Crippen molar-refractivity contribution in [2.75, 3.05) is 0 Å². The van der Waals surface area contributed by atoms with E-state index in [0.717, 1.165) is 0 Å². The molecule has 0 heterocycles. The summed E-state index contributed by atoms with van der Waals surface area (Å²) in [6.45, 7) is 0. The molecule has 0 radical (unpaired) electrons. The zero-order valence-corrected chi connectivity index (χ0v) is 9.40. The monoisotopic (exact) mass is 260 g/mol. The fraction of sp³-hybridized carbons (Fsp3) is 0.462. The van der Waals surface area contributed by atoms with Gasteiger partial charge in [-0.25, -0.2) is 17.6 Å². The number of alkyl halides is 4. The number of halogens is 4. The van der Waals surface area contributed by atoms with Crippen molar-refractivity contribution in [2.45, 2.75) is 37.0 Å². The van der Waals surface area contributed by atoms with Crippen LogP contribution in [0.15, 0.2) is 24.3 Å². The molecule has 5 atom stereocenters. The smallest absolute Gasteiger partial charge is 0.150 e. The maximum Gasteiger partial charge on any atom is 0.150 e. The van der Waals surface area contributed by atoms with Crippen LogP contribution in [0.5, 0.6) is 0 Å². The quantitative estimate of drug-likeness (QED) is 0.588. The van der Waals surface area contributed by atoms with Crippen LogP contribution in [0.25, 0.3) is 0 Å². The number of carbonyl (C=O) groups is 1. The number of hydrogen-bond donors (Lipinski definition) is 0. The summed E-state index contributed by atoms with van der Waals surface area (Å²) in [5.74, 6) is -1.45. The summed E-state index contributed by atoms with van der Waals surface area (Å²) in [6.07, 6.45) is -8.28. The molecule has 0 saturated heterocycles. The van der Waals surface area contributed by atoms with E-state index >= 15 is 0 Å². The molecule has 1 aromatic rings. The second-order valence-corrected chi connectivity index (χ2v) is 4.47. The maximum absolute atomic E-state index is 13.7. The molecule has 1 aliphatic carbocycles. The van der Waals surface area contributed by atoms with Crippen LogP contribution in [0.2, 0.25) is 0 Å². The molecule has 98 valence electrons. The van der Waals surface area contributed by atoms with Crippen LogP contribution >= 0.6 is 0 Å². The minimum Gasteiger partial charge on any atom is -0.298 e. The summed E-state index contributed by atoms with van der Waals surface area (Å²) >= 11 is 0. The van der Waals surface area contributed by atoms with E-state index in [4.69, 9.17) is 0 Å². The highest BCUT2D eigenvalue weighted by molar-refractivity contribution is 5.74. The van der Waals surface area contributed by atoms with E-state index in [-0.39, 0.29) is 5.56 Å². The summed E-state index contributed by atoms with van der Waals surface area (Å²) in [5, 5.41) is 0. The van der Waals surface area contributed by atoms with Gasteiger partial charge in [-0.2, -0.15) is 0 Å². The average Bonchev–Trinajstić information content (AvgIpc) is 2.37. The Morgan fingerprint density at radius 2 is 1.44 bits per heavy atom. The molecule has 2 rings (SSSR count). The van der Waals surface area contributed by atoms with Crippen molar-refractivity contribution in [2.24, 2.45) is 0 Å². The van der Waals surface area contributed by atoms with E-state index in [9.17, 15) is 22.4 Å². The van der Waals surface area contributed by atoms with E-state index in [1.165, 1.54) is 24.3 Å². The normalized spacial score (nSPS) is 36.3. The molecule has 5 heteroatoms. The zero-order valence-electron chi connectivity index (χ0n) is 9.40. The third kappa shape index (κ3) is 2.26. The lowest BCUT2D eigenvalue weighted by atomic mass is 9.79. The molecule has 1 aromatic carbocycles. The van der Waals surface area contributed by atoms with E-state index < -0.39 is 37.0 Å². The van der Waals surface area contributed by atoms with Crippen LogP contribution in [0.1, 0.15) is 28.3 Å². The summed E-state index contributed by atoms with van der Waals surface area (Å²) < 4.78 is 53.9. The first kappa shape index (κ1) is 13.1. The molecule has 1 fully saturated rings. The summed E-state index contributed by atoms with van der Waals surface area (Å²) in [7, 11) is 0. The third-order valence-electron chi connectivity index (χ3n) is 3.28. The Morgan fingerprint density at radius 3 is 1.89 bits per heavy atom. The summed E-state index contributed by atoms with van der Waals surface area (Å²) in [4.78, 5) is 10.5. The van der Waals surface area contributed by atoms with E-state index in [1.807, 2.05) is 0 Å². The first-order valence-corrected chi connectivity index (χ1v) is 5.66. The zero-order chi connectivity index (χ0) is 13.3. The number of carbonyl (C=O) groups excluding carboxylic acids is 1. The van der Waals surface area contributed by atoms with E-state index in [0.29, 0.717) is 11.8 Å². The Balaban J connectivity index is 2.30. The van der Waals surface area contributed by atoms with Crippen LogP contribution in [0, 0.1) is 0 Å². The van der Waals surface area contributed by atoms with Crippen LogP contribution in [0.4, 0.5) is 17.6 Å². The minimum atomic E-state index is -2.06. The molecule has 1 nitrogen and oxygen atoms in total. The standard InChI is InChI=1S/C13H12F4O/c14-9-5-10(15)13(17)11(12(9)16)8-3-1-7(6-18)2-4-8/h1-4,6,9-13H,5H2/t9-,10+,11?,12-,13+. The molecule has 0 amide bonds. The third-order valence-corrected chi connectivity index (χ3v) is 3.28. The van der Waals surface area contributed by atoms with Crippen molar-refractivity contribution in [1.82, 2.24) is 0 Å². The maximum atomic E-state index is 13.7. The molecule has 18 heavy (non-hydrogen) atoms. The largest absolute Gasteiger partial charge is 0.298 e. The number of rotatable bonds is 2. The molecule has 0 spiro atoms. The van der Waals surface area contributed by atoms with Gasteiger partial charge >= 0.3 is 0 Å². The van der Waals surface area contributed by atoms with Crippen molar-refractivity contribution in [1.29, 1.82) is 0 Å². The van der Waals surface area contributed by atoms with Crippen molar-refractivity contribution in [3.05, 3.63) is 35.4 Å². The summed E-state index contributed by atoms with van der Waals surface area (Å²) in [6, 6.07) is 5.41. The highest BCUT2D eigenvalue weighted by Gasteiger charge is 2.47. The van der Waals surface area contributed by atoms with Gasteiger partial charge in [-0.05, 0) is 5.56 Å². The lowest BCUT2D eigenvalue weighted by Gasteiger charge is -2.34. The van der Waals surface area contributed by atoms with Crippen molar-refractivity contribution < 1.29 is 22.4 Å². The number of hydrogen-bond acceptors (Lipinski definition) is 1. The van der Waals surface area contributed by atoms with E-state index in [1.54, 1.807) is 0 Å². The van der Waals surface area contributed by atoms with Crippen LogP contribution in [-0.2, 0) is 0 Å². The highest BCUT2D eigenvalue weighted by Crippen LogP contribution is 2.40. The molecule has 1 aliphatic rings. The lowest BCUT2D eigenvalue weighted by molar-refractivity contribution is -0.00571. The molecule has 1 unspecified atom stereocenters. The number of aldehydes is 1. The van der Waals surface area contributed by atoms with Gasteiger partial charge in [-0.1, -0.05) is 24.3 Å². The first-order chi connectivity index (χ1) is 8.54. The molecule has 0 bridgehead atoms. The predicted molar refractivity (Wildman–Crippen MR) is 58.8 cm³/mol. The van der Waals surface area contributed by atoms with Gasteiger partial charge in [0.1, 0.15) is 31.0 Å². The average molecular weight is 260 g/mol. The van der Waals surface area contributed by atoms with Gasteiger partial charge in [0.2, 0.25) is 0 Å². The topological polar surface area (TPSA) is 17.1 Å². The molecule has 0 aromatic heterocycles. The Labute approximate surface area is 102 Å². The lowest BCUT2D eigenvalue weighted by Crippen LogP contribution is -2.43. The van der Waals surface area contributed by atoms with Gasteiger partial charge in [0.25, 0.3) is 0 Å². The van der Waals surface area contributed by atoms with Crippen molar-refractivity contribution in [3.63, 3.8) is 0 Å². The Hall–Kier alpha value is -1.39. The Bertz CT molecular complexity index is 406. The molecule has 1 saturated carbocycles. The summed E-state index contributed by atoms with van der Waals surface area (Å²) in [5.41, 5.74) is 0.513. The van der Waals surface area contributed by atoms with Gasteiger partial charge in [0.05, 0.1) is 5.92 Å². The van der Waals surface area contributed by atoms with Gasteiger partial charge in [-0.3, -0.25) is 4.79 Å². The van der Waals surface area contributed by atoms with Crippen LogP contribution < -0.4 is 0 Å². The Morgan fingerprint density at radius 1 is 0.944 bits per heavy atom. The minimum absolute atomic E-state index is 0.172. The predicted octanol–water partition coefficient (Wildman–Crippen LogP) is 3.34. The number of benzene rings is 1. The molecular formula is C13H12F4O. The molecule has 0 aliphatic heterocycles. The van der Waals surface area contributed by atoms with Crippen molar-refractivity contribution >= 4 is 6.29 Å². The van der Waals surface area contributed by atoms with Gasteiger partial charge < -0.3 is 0 Å². The highest BCUT2D eigenvalue weighted by atomic mass is 19.2.